The quantitative estimate of drug-likeness (QED) is 0.556. The number of nitrogens with zero attached hydrogens (tertiary/aromatic N) is 1. The van der Waals surface area contributed by atoms with Crippen molar-refractivity contribution in [2.24, 2.45) is 0 Å². The Bertz CT molecular complexity index is 1250. The number of carbonyl (C=O) groups excluding carboxylic acids is 1. The number of amides is 1. The molecule has 172 valence electrons. The Balaban J connectivity index is 1.52. The van der Waals surface area contributed by atoms with E-state index in [-0.39, 0.29) is 18.5 Å². The number of rotatable bonds is 6. The topological polar surface area (TPSA) is 66.5 Å². The van der Waals surface area contributed by atoms with Gasteiger partial charge in [-0.2, -0.15) is 0 Å². The van der Waals surface area contributed by atoms with Gasteiger partial charge in [0.25, 0.3) is 5.91 Å². The maximum atomic E-state index is 12.9. The van der Waals surface area contributed by atoms with Crippen LogP contribution in [-0.4, -0.2) is 20.6 Å². The lowest BCUT2D eigenvalue weighted by Gasteiger charge is -2.27. The summed E-state index contributed by atoms with van der Waals surface area (Å²) in [5.74, 6) is -0.113. The fourth-order valence-corrected chi connectivity index (χ4v) is 5.64. The molecule has 33 heavy (non-hydrogen) atoms. The van der Waals surface area contributed by atoms with Crippen molar-refractivity contribution >= 4 is 21.6 Å². The number of hydrogen-bond donors (Lipinski definition) is 1. The Hall–Kier alpha value is -3.12. The Morgan fingerprint density at radius 3 is 2.30 bits per heavy atom. The average Bonchev–Trinajstić information content (AvgIpc) is 2.78. The molecule has 5 nitrogen and oxygen atoms in total. The summed E-state index contributed by atoms with van der Waals surface area (Å²) >= 11 is 0. The van der Waals surface area contributed by atoms with Gasteiger partial charge >= 0.3 is 0 Å². The number of nitrogens with one attached hydrogen (secondary N) is 1. The second-order valence-electron chi connectivity index (χ2n) is 8.82. The molecule has 0 unspecified atom stereocenters. The van der Waals surface area contributed by atoms with E-state index in [9.17, 15) is 13.2 Å². The zero-order valence-electron chi connectivity index (χ0n) is 19.3. The van der Waals surface area contributed by atoms with Crippen LogP contribution < -0.4 is 9.62 Å². The smallest absolute Gasteiger partial charge is 0.251 e. The molecule has 1 aliphatic carbocycles. The monoisotopic (exact) mass is 462 g/mol. The SMILES string of the molecule is Cc1cccc(C)c1N(Cc1ccc(C(=O)N[C@@H]2CCCc3ccccc32)cc1)S(C)(=O)=O. The van der Waals surface area contributed by atoms with Crippen LogP contribution in [0.5, 0.6) is 0 Å². The second-order valence-corrected chi connectivity index (χ2v) is 10.7. The van der Waals surface area contributed by atoms with Crippen LogP contribution in [0.2, 0.25) is 0 Å². The minimum Gasteiger partial charge on any atom is -0.345 e. The summed E-state index contributed by atoms with van der Waals surface area (Å²) in [5.41, 5.74) is 6.41. The molecular weight excluding hydrogens is 432 g/mol. The van der Waals surface area contributed by atoms with Gasteiger partial charge in [0.05, 0.1) is 24.5 Å². The second kappa shape index (κ2) is 9.40. The van der Waals surface area contributed by atoms with E-state index in [1.165, 1.54) is 21.7 Å². The van der Waals surface area contributed by atoms with Crippen LogP contribution >= 0.6 is 0 Å². The summed E-state index contributed by atoms with van der Waals surface area (Å²) < 4.78 is 26.6. The molecular formula is C27H30N2O3S. The molecule has 1 atom stereocenters. The molecule has 1 aliphatic rings. The van der Waals surface area contributed by atoms with Crippen LogP contribution in [0.3, 0.4) is 0 Å². The Kier molecular flexibility index (Phi) is 6.56. The number of benzene rings is 3. The molecule has 0 aliphatic heterocycles. The van der Waals surface area contributed by atoms with Crippen LogP contribution in [-0.2, 0) is 23.0 Å². The average molecular weight is 463 g/mol. The lowest BCUT2D eigenvalue weighted by Crippen LogP contribution is -2.31. The normalized spacial score (nSPS) is 15.5. The van der Waals surface area contributed by atoms with Gasteiger partial charge in [0.2, 0.25) is 10.0 Å². The van der Waals surface area contributed by atoms with Crippen molar-refractivity contribution in [2.45, 2.75) is 45.7 Å². The van der Waals surface area contributed by atoms with Gasteiger partial charge in [-0.05, 0) is 73.1 Å². The summed E-state index contributed by atoms with van der Waals surface area (Å²) in [6.07, 6.45) is 4.26. The van der Waals surface area contributed by atoms with Gasteiger partial charge < -0.3 is 5.32 Å². The maximum absolute atomic E-state index is 12.9. The molecule has 0 bridgehead atoms. The molecule has 0 saturated carbocycles. The lowest BCUT2D eigenvalue weighted by atomic mass is 9.87. The van der Waals surface area contributed by atoms with Crippen molar-refractivity contribution < 1.29 is 13.2 Å². The summed E-state index contributed by atoms with van der Waals surface area (Å²) in [6, 6.07) is 21.2. The molecule has 0 radical (unpaired) electrons. The van der Waals surface area contributed by atoms with E-state index in [1.807, 2.05) is 56.3 Å². The number of anilines is 1. The van der Waals surface area contributed by atoms with Crippen molar-refractivity contribution in [1.29, 1.82) is 0 Å². The van der Waals surface area contributed by atoms with E-state index in [2.05, 4.69) is 17.4 Å². The molecule has 0 spiro atoms. The first-order chi connectivity index (χ1) is 15.7. The van der Waals surface area contributed by atoms with Crippen LogP contribution in [0.4, 0.5) is 5.69 Å². The van der Waals surface area contributed by atoms with Gasteiger partial charge in [-0.15, -0.1) is 0 Å². The highest BCUT2D eigenvalue weighted by atomic mass is 32.2. The highest BCUT2D eigenvalue weighted by Gasteiger charge is 2.23. The Labute approximate surface area is 196 Å². The van der Waals surface area contributed by atoms with E-state index >= 15 is 0 Å². The zero-order chi connectivity index (χ0) is 23.6. The van der Waals surface area contributed by atoms with E-state index < -0.39 is 10.0 Å². The van der Waals surface area contributed by atoms with E-state index in [4.69, 9.17) is 0 Å². The minimum atomic E-state index is -3.48. The molecule has 6 heteroatoms. The van der Waals surface area contributed by atoms with Gasteiger partial charge in [0.1, 0.15) is 0 Å². The van der Waals surface area contributed by atoms with Crippen molar-refractivity contribution in [3.63, 3.8) is 0 Å². The van der Waals surface area contributed by atoms with Gasteiger partial charge in [-0.25, -0.2) is 8.42 Å². The summed E-state index contributed by atoms with van der Waals surface area (Å²) in [5, 5.41) is 3.17. The predicted octanol–water partition coefficient (Wildman–Crippen LogP) is 5.08. The fourth-order valence-electron chi connectivity index (χ4n) is 4.63. The molecule has 1 N–H and O–H groups in total. The molecule has 1 amide bonds. The van der Waals surface area contributed by atoms with Crippen molar-refractivity contribution in [1.82, 2.24) is 5.32 Å². The van der Waals surface area contributed by atoms with Crippen LogP contribution in [0.1, 0.15) is 57.1 Å². The minimum absolute atomic E-state index is 0.0203. The highest BCUT2D eigenvalue weighted by molar-refractivity contribution is 7.92. The van der Waals surface area contributed by atoms with Crippen LogP contribution in [0, 0.1) is 13.8 Å². The van der Waals surface area contributed by atoms with Gasteiger partial charge in [-0.3, -0.25) is 9.10 Å². The number of hydrogen-bond acceptors (Lipinski definition) is 3. The molecule has 3 aromatic carbocycles. The van der Waals surface area contributed by atoms with Crippen LogP contribution in [0.15, 0.2) is 66.7 Å². The number of sulfonamides is 1. The molecule has 0 saturated heterocycles. The molecule has 0 heterocycles. The number of para-hydroxylation sites is 1. The number of aryl methyl sites for hydroxylation is 3. The van der Waals surface area contributed by atoms with Gasteiger partial charge in [0, 0.05) is 5.56 Å². The zero-order valence-corrected chi connectivity index (χ0v) is 20.2. The highest BCUT2D eigenvalue weighted by Crippen LogP contribution is 2.30. The molecule has 4 rings (SSSR count). The number of carbonyl (C=O) groups is 1. The van der Waals surface area contributed by atoms with Crippen molar-refractivity contribution in [2.75, 3.05) is 10.6 Å². The van der Waals surface area contributed by atoms with E-state index in [1.54, 1.807) is 12.1 Å². The third kappa shape index (κ3) is 5.11. The fraction of sp³-hybridized carbons (Fsp3) is 0.296. The molecule has 0 aromatic heterocycles. The third-order valence-electron chi connectivity index (χ3n) is 6.31. The van der Waals surface area contributed by atoms with Crippen molar-refractivity contribution in [3.8, 4) is 0 Å². The first-order valence-electron chi connectivity index (χ1n) is 11.3. The van der Waals surface area contributed by atoms with E-state index in [0.29, 0.717) is 11.3 Å². The molecule has 3 aromatic rings. The third-order valence-corrected chi connectivity index (χ3v) is 7.42. The lowest BCUT2D eigenvalue weighted by molar-refractivity contribution is 0.0932. The first-order valence-corrected chi connectivity index (χ1v) is 13.1. The van der Waals surface area contributed by atoms with Gasteiger partial charge in [0.15, 0.2) is 0 Å². The predicted molar refractivity (Wildman–Crippen MR) is 133 cm³/mol. The standard InChI is InChI=1S/C27H30N2O3S/c1-19-8-6-9-20(2)26(19)29(33(3,31)32)18-21-14-16-23(17-15-21)27(30)28-25-13-7-11-22-10-4-5-12-24(22)25/h4-6,8-10,12,14-17,25H,7,11,13,18H2,1-3H3,(H,28,30)/t25-/m1/s1. The van der Waals surface area contributed by atoms with E-state index in [0.717, 1.165) is 36.0 Å². The van der Waals surface area contributed by atoms with Gasteiger partial charge in [-0.1, -0.05) is 54.6 Å². The molecule has 0 fully saturated rings. The number of fused-ring (bicyclic) bond motifs is 1. The first kappa shape index (κ1) is 23.1. The largest absolute Gasteiger partial charge is 0.345 e. The summed E-state index contributed by atoms with van der Waals surface area (Å²) in [4.78, 5) is 12.9. The Morgan fingerprint density at radius 2 is 1.64 bits per heavy atom. The Morgan fingerprint density at radius 1 is 0.970 bits per heavy atom. The van der Waals surface area contributed by atoms with Crippen molar-refractivity contribution in [3.05, 3.63) is 100 Å². The van der Waals surface area contributed by atoms with Crippen LogP contribution in [0.25, 0.3) is 0 Å². The summed E-state index contributed by atoms with van der Waals surface area (Å²) in [6.45, 7) is 4.04. The maximum Gasteiger partial charge on any atom is 0.251 e. The summed E-state index contributed by atoms with van der Waals surface area (Å²) in [7, 11) is -3.48.